The molecule has 2 unspecified atom stereocenters. The van der Waals surface area contributed by atoms with Crippen molar-refractivity contribution < 1.29 is 0 Å². The maximum Gasteiger partial charge on any atom is 0.111 e. The molecule has 0 aliphatic heterocycles. The van der Waals surface area contributed by atoms with Gasteiger partial charge in [-0.2, -0.15) is 0 Å². The summed E-state index contributed by atoms with van der Waals surface area (Å²) in [5, 5.41) is 0. The van der Waals surface area contributed by atoms with E-state index < -0.39 is 0 Å². The van der Waals surface area contributed by atoms with Gasteiger partial charge in [-0.25, -0.2) is 4.98 Å². The molecule has 0 aliphatic rings. The topological polar surface area (TPSA) is 17.8 Å². The van der Waals surface area contributed by atoms with E-state index in [0.717, 1.165) is 0 Å². The molecule has 1 rings (SSSR count). The molecular formula is C24H46N2. The van der Waals surface area contributed by atoms with Crippen molar-refractivity contribution >= 4 is 0 Å². The van der Waals surface area contributed by atoms with Gasteiger partial charge in [-0.15, -0.1) is 0 Å². The second kappa shape index (κ2) is 15.3. The van der Waals surface area contributed by atoms with Crippen LogP contribution < -0.4 is 0 Å². The van der Waals surface area contributed by atoms with Crippen molar-refractivity contribution in [3.8, 4) is 0 Å². The molecule has 1 heterocycles. The number of unbranched alkanes of at least 4 members (excludes halogenated alkanes) is 11. The summed E-state index contributed by atoms with van der Waals surface area (Å²) < 4.78 is 2.45. The van der Waals surface area contributed by atoms with Gasteiger partial charge in [0.2, 0.25) is 0 Å². The van der Waals surface area contributed by atoms with Gasteiger partial charge in [0, 0.05) is 24.4 Å². The Labute approximate surface area is 164 Å². The van der Waals surface area contributed by atoms with Crippen molar-refractivity contribution in [3.05, 3.63) is 18.2 Å². The van der Waals surface area contributed by atoms with Gasteiger partial charge in [-0.3, -0.25) is 0 Å². The van der Waals surface area contributed by atoms with Crippen LogP contribution in [0.3, 0.4) is 0 Å². The summed E-state index contributed by atoms with van der Waals surface area (Å²) in [6, 6.07) is 0.593. The first-order valence-corrected chi connectivity index (χ1v) is 11.7. The Bertz CT molecular complexity index is 424. The number of hydrogen-bond acceptors (Lipinski definition) is 1. The molecule has 0 N–H and O–H groups in total. The van der Waals surface area contributed by atoms with Crippen molar-refractivity contribution in [1.82, 2.24) is 9.55 Å². The van der Waals surface area contributed by atoms with Crippen molar-refractivity contribution in [2.75, 3.05) is 0 Å². The molecule has 0 fully saturated rings. The Hall–Kier alpha value is -0.790. The molecule has 152 valence electrons. The molecule has 0 bridgehead atoms. The molecule has 2 nitrogen and oxygen atoms in total. The van der Waals surface area contributed by atoms with Gasteiger partial charge < -0.3 is 4.57 Å². The highest BCUT2D eigenvalue weighted by atomic mass is 15.1. The fourth-order valence-corrected chi connectivity index (χ4v) is 3.97. The monoisotopic (exact) mass is 362 g/mol. The summed E-state index contributed by atoms with van der Waals surface area (Å²) in [4.78, 5) is 4.70. The van der Waals surface area contributed by atoms with Crippen LogP contribution in [0.4, 0.5) is 0 Å². The van der Waals surface area contributed by atoms with Crippen LogP contribution in [0.25, 0.3) is 0 Å². The van der Waals surface area contributed by atoms with E-state index >= 15 is 0 Å². The fourth-order valence-electron chi connectivity index (χ4n) is 3.97. The summed E-state index contributed by atoms with van der Waals surface area (Å²) in [6.07, 6.45) is 24.9. The molecule has 26 heavy (non-hydrogen) atoms. The predicted octanol–water partition coefficient (Wildman–Crippen LogP) is 8.44. The van der Waals surface area contributed by atoms with Crippen molar-refractivity contribution in [1.29, 1.82) is 0 Å². The third kappa shape index (κ3) is 9.78. The molecule has 0 aliphatic carbocycles. The molecule has 0 saturated carbocycles. The second-order valence-electron chi connectivity index (χ2n) is 8.41. The minimum absolute atomic E-state index is 0.590. The van der Waals surface area contributed by atoms with E-state index in [0.29, 0.717) is 12.0 Å². The van der Waals surface area contributed by atoms with Crippen LogP contribution in [0.1, 0.15) is 142 Å². The van der Waals surface area contributed by atoms with E-state index in [1.54, 1.807) is 0 Å². The molecule has 2 atom stereocenters. The van der Waals surface area contributed by atoms with E-state index in [2.05, 4.69) is 38.5 Å². The maximum atomic E-state index is 4.70. The minimum Gasteiger partial charge on any atom is -0.332 e. The Morgan fingerprint density at radius 3 is 1.85 bits per heavy atom. The number of imidazole rings is 1. The van der Waals surface area contributed by atoms with Crippen LogP contribution in [0, 0.1) is 0 Å². The smallest absolute Gasteiger partial charge is 0.111 e. The quantitative estimate of drug-likeness (QED) is 0.254. The van der Waals surface area contributed by atoms with Crippen LogP contribution >= 0.6 is 0 Å². The lowest BCUT2D eigenvalue weighted by Crippen LogP contribution is -2.11. The lowest BCUT2D eigenvalue weighted by atomic mass is 10.00. The first-order valence-electron chi connectivity index (χ1n) is 11.7. The highest BCUT2D eigenvalue weighted by molar-refractivity contribution is 5.00. The Morgan fingerprint density at radius 1 is 0.731 bits per heavy atom. The minimum atomic E-state index is 0.590. The first-order chi connectivity index (χ1) is 12.7. The predicted molar refractivity (Wildman–Crippen MR) is 116 cm³/mol. The van der Waals surface area contributed by atoms with Gasteiger partial charge in [-0.05, 0) is 19.8 Å². The highest BCUT2D eigenvalue weighted by Crippen LogP contribution is 2.25. The van der Waals surface area contributed by atoms with Crippen LogP contribution in [0.5, 0.6) is 0 Å². The summed E-state index contributed by atoms with van der Waals surface area (Å²) in [6.45, 7) is 9.31. The average Bonchev–Trinajstić information content (AvgIpc) is 3.13. The number of hydrogen-bond donors (Lipinski definition) is 0. The summed E-state index contributed by atoms with van der Waals surface area (Å²) >= 11 is 0. The van der Waals surface area contributed by atoms with E-state index in [-0.39, 0.29) is 0 Å². The normalized spacial score (nSPS) is 13.8. The SMILES string of the molecule is CCCCCCCCCCCC(C)c1nccn1C(C)CCCCCC. The van der Waals surface area contributed by atoms with E-state index in [9.17, 15) is 0 Å². The molecule has 0 saturated heterocycles. The van der Waals surface area contributed by atoms with Gasteiger partial charge in [0.1, 0.15) is 5.82 Å². The third-order valence-electron chi connectivity index (χ3n) is 5.83. The highest BCUT2D eigenvalue weighted by Gasteiger charge is 2.15. The zero-order valence-electron chi connectivity index (χ0n) is 18.3. The molecule has 1 aromatic heterocycles. The average molecular weight is 363 g/mol. The van der Waals surface area contributed by atoms with Crippen molar-refractivity contribution in [2.45, 2.75) is 136 Å². The molecule has 0 spiro atoms. The molecule has 0 aromatic carbocycles. The largest absolute Gasteiger partial charge is 0.332 e. The number of nitrogens with zero attached hydrogens (tertiary/aromatic N) is 2. The van der Waals surface area contributed by atoms with E-state index in [1.165, 1.54) is 102 Å². The van der Waals surface area contributed by atoms with Gasteiger partial charge in [-0.1, -0.05) is 104 Å². The van der Waals surface area contributed by atoms with Gasteiger partial charge in [0.25, 0.3) is 0 Å². The number of rotatable bonds is 17. The van der Waals surface area contributed by atoms with E-state index in [4.69, 9.17) is 4.98 Å². The zero-order chi connectivity index (χ0) is 19.0. The molecule has 2 heteroatoms. The van der Waals surface area contributed by atoms with E-state index in [1.807, 2.05) is 6.20 Å². The zero-order valence-corrected chi connectivity index (χ0v) is 18.3. The third-order valence-corrected chi connectivity index (χ3v) is 5.83. The van der Waals surface area contributed by atoms with Crippen molar-refractivity contribution in [2.24, 2.45) is 0 Å². The van der Waals surface area contributed by atoms with Crippen LogP contribution in [0.2, 0.25) is 0 Å². The molecule has 0 amide bonds. The molecule has 1 aromatic rings. The summed E-state index contributed by atoms with van der Waals surface area (Å²) in [5.41, 5.74) is 0. The molecular weight excluding hydrogens is 316 g/mol. The standard InChI is InChI=1S/C24H46N2/c1-5-7-9-11-12-13-14-15-16-18-22(3)24-25-20-21-26(24)23(4)19-17-10-8-6-2/h20-23H,5-19H2,1-4H3. The van der Waals surface area contributed by atoms with Crippen molar-refractivity contribution in [3.63, 3.8) is 0 Å². The lowest BCUT2D eigenvalue weighted by molar-refractivity contribution is 0.438. The lowest BCUT2D eigenvalue weighted by Gasteiger charge is -2.20. The van der Waals surface area contributed by atoms with Crippen LogP contribution in [-0.4, -0.2) is 9.55 Å². The van der Waals surface area contributed by atoms with Gasteiger partial charge in [0.05, 0.1) is 0 Å². The molecule has 0 radical (unpaired) electrons. The fraction of sp³-hybridized carbons (Fsp3) is 0.875. The van der Waals surface area contributed by atoms with Crippen LogP contribution in [0.15, 0.2) is 12.4 Å². The Morgan fingerprint density at radius 2 is 1.23 bits per heavy atom. The van der Waals surface area contributed by atoms with Gasteiger partial charge >= 0.3 is 0 Å². The maximum absolute atomic E-state index is 4.70. The Balaban J connectivity index is 2.20. The summed E-state index contributed by atoms with van der Waals surface area (Å²) in [7, 11) is 0. The number of aromatic nitrogens is 2. The second-order valence-corrected chi connectivity index (χ2v) is 8.41. The summed E-state index contributed by atoms with van der Waals surface area (Å²) in [5.74, 6) is 1.90. The first kappa shape index (κ1) is 23.2. The van der Waals surface area contributed by atoms with Crippen LogP contribution in [-0.2, 0) is 0 Å². The van der Waals surface area contributed by atoms with Gasteiger partial charge in [0.15, 0.2) is 0 Å². The Kier molecular flexibility index (Phi) is 13.7.